The standard InChI is InChI=1S/Cr.Li.Na.4O/q;2*+1;;;2*-1. The third-order valence-electron chi connectivity index (χ3n) is 0. The van der Waals surface area contributed by atoms with Gasteiger partial charge in [0.15, 0.2) is 0 Å². The van der Waals surface area contributed by atoms with Crippen LogP contribution in [-0.4, -0.2) is 0 Å². The molecule has 0 aromatic rings. The second-order valence-electron chi connectivity index (χ2n) is 0.408. The number of hydrogen-bond acceptors (Lipinski definition) is 4. The summed E-state index contributed by atoms with van der Waals surface area (Å²) in [5, 5.41) is 0. The molecule has 0 aliphatic heterocycles. The van der Waals surface area contributed by atoms with E-state index in [4.69, 9.17) is 15.9 Å². The molecule has 0 aliphatic carbocycles. The Balaban J connectivity index is -0.0000000800. The Bertz CT molecular complexity index is 94.9. The van der Waals surface area contributed by atoms with E-state index in [0.29, 0.717) is 0 Å². The van der Waals surface area contributed by atoms with Gasteiger partial charge in [0.2, 0.25) is 0 Å². The first-order valence-corrected chi connectivity index (χ1v) is 2.75. The summed E-state index contributed by atoms with van der Waals surface area (Å²) in [6.45, 7) is 0. The molecule has 0 atom stereocenters. The van der Waals surface area contributed by atoms with Gasteiger partial charge in [-0.1, -0.05) is 0 Å². The summed E-state index contributed by atoms with van der Waals surface area (Å²) in [6.07, 6.45) is 0. The van der Waals surface area contributed by atoms with Crippen molar-refractivity contribution < 1.29 is 78.0 Å². The molecule has 0 aliphatic rings. The molecule has 0 rings (SSSR count). The van der Waals surface area contributed by atoms with Crippen LogP contribution in [0.1, 0.15) is 0 Å². The van der Waals surface area contributed by atoms with Crippen LogP contribution in [0.25, 0.3) is 0 Å². The molecular formula is CrLiNaO4. The fourth-order valence-corrected chi connectivity index (χ4v) is 0. The molecule has 0 radical (unpaired) electrons. The first-order valence-electron chi connectivity index (χ1n) is 0.667. The van der Waals surface area contributed by atoms with Crippen LogP contribution in [0.2, 0.25) is 0 Å². The zero-order valence-corrected chi connectivity index (χ0v) is 7.32. The Morgan fingerprint density at radius 3 is 1.14 bits per heavy atom. The fourth-order valence-electron chi connectivity index (χ4n) is 0. The first kappa shape index (κ1) is 15.9. The van der Waals surface area contributed by atoms with E-state index in [1.807, 2.05) is 0 Å². The maximum absolute atomic E-state index is 8.59. The van der Waals surface area contributed by atoms with Crippen LogP contribution in [0, 0.1) is 0 Å². The Labute approximate surface area is 77.1 Å². The minimum atomic E-state index is -5.75. The molecule has 0 bridgehead atoms. The summed E-state index contributed by atoms with van der Waals surface area (Å²) >= 11 is -5.75. The Hall–Kier alpha value is 1.65. The quantitative estimate of drug-likeness (QED) is 0.318. The summed E-state index contributed by atoms with van der Waals surface area (Å²) < 4.78 is 34.4. The van der Waals surface area contributed by atoms with Crippen molar-refractivity contribution in [3.05, 3.63) is 0 Å². The Kier molecular flexibility index (Phi) is 13.1. The van der Waals surface area contributed by atoms with Gasteiger partial charge >= 0.3 is 78.0 Å². The van der Waals surface area contributed by atoms with Gasteiger partial charge in [-0.3, -0.25) is 0 Å². The maximum atomic E-state index is 8.59. The molecule has 32 valence electrons. The molecule has 0 spiro atoms. The van der Waals surface area contributed by atoms with Crippen molar-refractivity contribution in [1.29, 1.82) is 0 Å². The molecule has 4 nitrogen and oxygen atoms in total. The summed E-state index contributed by atoms with van der Waals surface area (Å²) in [6, 6.07) is 0. The van der Waals surface area contributed by atoms with Gasteiger partial charge in [-0.25, -0.2) is 0 Å². The molecule has 0 saturated heterocycles. The summed E-state index contributed by atoms with van der Waals surface area (Å²) in [7, 11) is 0. The minimum absolute atomic E-state index is 0. The van der Waals surface area contributed by atoms with Crippen molar-refractivity contribution in [2.24, 2.45) is 0 Å². The van der Waals surface area contributed by atoms with Crippen molar-refractivity contribution in [2.75, 3.05) is 0 Å². The van der Waals surface area contributed by atoms with E-state index >= 15 is 0 Å². The average molecular weight is 146 g/mol. The molecular weight excluding hydrogens is 146 g/mol. The van der Waals surface area contributed by atoms with Gasteiger partial charge < -0.3 is 0 Å². The summed E-state index contributed by atoms with van der Waals surface area (Å²) in [5.74, 6) is 0. The van der Waals surface area contributed by atoms with Crippen molar-refractivity contribution in [2.45, 2.75) is 0 Å². The second kappa shape index (κ2) is 5.78. The molecule has 0 saturated carbocycles. The van der Waals surface area contributed by atoms with Gasteiger partial charge in [0.05, 0.1) is 0 Å². The predicted molar refractivity (Wildman–Crippen MR) is 1.37 cm³/mol. The average Bonchev–Trinajstić information content (AvgIpc) is 0.722. The van der Waals surface area contributed by atoms with Gasteiger partial charge in [-0.15, -0.1) is 0 Å². The topological polar surface area (TPSA) is 80.3 Å². The molecule has 0 amide bonds. The normalized spacial score (nSPS) is 8.29. The zero-order chi connectivity index (χ0) is 4.50. The van der Waals surface area contributed by atoms with Crippen LogP contribution in [0.15, 0.2) is 0 Å². The van der Waals surface area contributed by atoms with Crippen molar-refractivity contribution in [3.63, 3.8) is 0 Å². The van der Waals surface area contributed by atoms with Gasteiger partial charge in [0.25, 0.3) is 0 Å². The van der Waals surface area contributed by atoms with Crippen molar-refractivity contribution in [1.82, 2.24) is 0 Å². The van der Waals surface area contributed by atoms with E-state index in [9.17, 15) is 0 Å². The number of rotatable bonds is 0. The summed E-state index contributed by atoms with van der Waals surface area (Å²) in [5.41, 5.74) is 0. The first-order chi connectivity index (χ1) is 2.00. The van der Waals surface area contributed by atoms with Crippen LogP contribution < -0.4 is 56.7 Å². The molecule has 7 heteroatoms. The van der Waals surface area contributed by atoms with Crippen LogP contribution >= 0.6 is 0 Å². The Morgan fingerprint density at radius 2 is 1.14 bits per heavy atom. The van der Waals surface area contributed by atoms with Crippen LogP contribution in [0.3, 0.4) is 0 Å². The van der Waals surface area contributed by atoms with Crippen molar-refractivity contribution >= 4 is 0 Å². The van der Waals surface area contributed by atoms with E-state index < -0.39 is 13.6 Å². The Morgan fingerprint density at radius 1 is 1.14 bits per heavy atom. The molecule has 0 aromatic heterocycles. The fraction of sp³-hybridized carbons (Fsp3) is 0. The molecule has 0 fully saturated rings. The van der Waals surface area contributed by atoms with E-state index in [1.54, 1.807) is 0 Å². The van der Waals surface area contributed by atoms with E-state index in [2.05, 4.69) is 0 Å². The number of hydrogen-bond donors (Lipinski definition) is 0. The van der Waals surface area contributed by atoms with E-state index in [1.165, 1.54) is 0 Å². The zero-order valence-electron chi connectivity index (χ0n) is 4.04. The van der Waals surface area contributed by atoms with Gasteiger partial charge in [0.1, 0.15) is 0 Å². The molecule has 0 heterocycles. The molecule has 7 heavy (non-hydrogen) atoms. The molecule has 0 aromatic carbocycles. The third-order valence-corrected chi connectivity index (χ3v) is 0. The van der Waals surface area contributed by atoms with Gasteiger partial charge in [0, 0.05) is 0 Å². The van der Waals surface area contributed by atoms with Gasteiger partial charge in [-0.2, -0.15) is 0 Å². The van der Waals surface area contributed by atoms with Crippen LogP contribution in [-0.2, 0) is 21.2 Å². The monoisotopic (exact) mass is 146 g/mol. The van der Waals surface area contributed by atoms with E-state index in [0.717, 1.165) is 0 Å². The van der Waals surface area contributed by atoms with Crippen LogP contribution in [0.5, 0.6) is 0 Å². The van der Waals surface area contributed by atoms with Crippen LogP contribution in [0.4, 0.5) is 0 Å². The predicted octanol–water partition coefficient (Wildman–Crippen LogP) is -8.61. The molecule has 0 N–H and O–H groups in total. The SMILES string of the molecule is [Li+].[Na+].[O]=[Cr](=[O])([O-])[O-]. The third kappa shape index (κ3) is 89.7. The van der Waals surface area contributed by atoms with Gasteiger partial charge in [-0.05, 0) is 0 Å². The van der Waals surface area contributed by atoms with Crippen molar-refractivity contribution in [3.8, 4) is 0 Å². The molecule has 0 unspecified atom stereocenters. The van der Waals surface area contributed by atoms with E-state index in [-0.39, 0.29) is 48.4 Å². The second-order valence-corrected chi connectivity index (χ2v) is 1.68. The summed E-state index contributed by atoms with van der Waals surface area (Å²) in [4.78, 5) is 0.